The average molecular weight is 446 g/mol. The van der Waals surface area contributed by atoms with Gasteiger partial charge in [-0.15, -0.1) is 0 Å². The lowest BCUT2D eigenvalue weighted by molar-refractivity contribution is 0.584. The molecule has 0 fully saturated rings. The minimum Gasteiger partial charge on any atom is -0.231 e. The van der Waals surface area contributed by atoms with E-state index in [2.05, 4.69) is 5.10 Å². The van der Waals surface area contributed by atoms with Crippen molar-refractivity contribution in [3.8, 4) is 28.2 Å². The van der Waals surface area contributed by atoms with Gasteiger partial charge < -0.3 is 0 Å². The van der Waals surface area contributed by atoms with Gasteiger partial charge in [-0.3, -0.25) is 0 Å². The van der Waals surface area contributed by atoms with Gasteiger partial charge in [-0.2, -0.15) is 5.10 Å². The van der Waals surface area contributed by atoms with Crippen LogP contribution in [-0.4, -0.2) is 18.2 Å². The van der Waals surface area contributed by atoms with Crippen LogP contribution in [-0.2, 0) is 10.0 Å². The molecule has 3 aromatic carbocycles. The third-order valence-corrected chi connectivity index (χ3v) is 5.62. The normalized spacial score (nSPS) is 11.6. The maximum absolute atomic E-state index is 13.7. The third-order valence-electron chi connectivity index (χ3n) is 4.41. The molecule has 30 heavy (non-hydrogen) atoms. The SMILES string of the molecule is NS(=O)(=O)c1ccccc1-n1nc(-c2cc(F)cc(F)c2)cc1-c1ccc(Cl)cc1. The van der Waals surface area contributed by atoms with Gasteiger partial charge in [-0.25, -0.2) is 27.0 Å². The number of nitrogens with zero attached hydrogens (tertiary/aromatic N) is 2. The highest BCUT2D eigenvalue weighted by molar-refractivity contribution is 7.89. The van der Waals surface area contributed by atoms with Crippen molar-refractivity contribution in [1.82, 2.24) is 9.78 Å². The molecule has 5 nitrogen and oxygen atoms in total. The number of para-hydroxylation sites is 1. The first kappa shape index (κ1) is 20.2. The summed E-state index contributed by atoms with van der Waals surface area (Å²) in [5, 5.41) is 10.3. The van der Waals surface area contributed by atoms with Crippen molar-refractivity contribution >= 4 is 21.6 Å². The smallest absolute Gasteiger partial charge is 0.231 e. The predicted molar refractivity (Wildman–Crippen MR) is 111 cm³/mol. The minimum absolute atomic E-state index is 0.139. The summed E-state index contributed by atoms with van der Waals surface area (Å²) in [5.74, 6) is -1.50. The molecule has 2 N–H and O–H groups in total. The Balaban J connectivity index is 2.00. The van der Waals surface area contributed by atoms with E-state index in [1.165, 1.54) is 16.8 Å². The van der Waals surface area contributed by atoms with Crippen LogP contribution in [0.15, 0.2) is 77.7 Å². The van der Waals surface area contributed by atoms with E-state index in [1.807, 2.05) is 0 Å². The van der Waals surface area contributed by atoms with Crippen molar-refractivity contribution in [3.05, 3.63) is 89.5 Å². The summed E-state index contributed by atoms with van der Waals surface area (Å²) in [4.78, 5) is -0.139. The van der Waals surface area contributed by atoms with E-state index < -0.39 is 21.7 Å². The van der Waals surface area contributed by atoms with Crippen LogP contribution in [0.4, 0.5) is 8.78 Å². The highest BCUT2D eigenvalue weighted by Gasteiger charge is 2.20. The van der Waals surface area contributed by atoms with Crippen LogP contribution in [0.25, 0.3) is 28.2 Å². The second-order valence-electron chi connectivity index (χ2n) is 6.50. The van der Waals surface area contributed by atoms with Gasteiger partial charge in [-0.05, 0) is 42.5 Å². The van der Waals surface area contributed by atoms with Crippen LogP contribution in [0.1, 0.15) is 0 Å². The Morgan fingerprint density at radius 3 is 2.13 bits per heavy atom. The summed E-state index contributed by atoms with van der Waals surface area (Å²) < 4.78 is 53.1. The fourth-order valence-corrected chi connectivity index (χ4v) is 3.95. The number of hydrogen-bond acceptors (Lipinski definition) is 3. The molecule has 0 atom stereocenters. The van der Waals surface area contributed by atoms with Crippen LogP contribution in [0.5, 0.6) is 0 Å². The molecule has 0 amide bonds. The molecule has 0 spiro atoms. The average Bonchev–Trinajstić information content (AvgIpc) is 3.12. The van der Waals surface area contributed by atoms with Crippen molar-refractivity contribution in [2.24, 2.45) is 5.14 Å². The molecular weight excluding hydrogens is 432 g/mol. The largest absolute Gasteiger partial charge is 0.240 e. The second-order valence-corrected chi connectivity index (χ2v) is 8.47. The maximum atomic E-state index is 13.7. The zero-order valence-electron chi connectivity index (χ0n) is 15.3. The molecule has 9 heteroatoms. The Labute approximate surface area is 176 Å². The minimum atomic E-state index is -4.06. The molecule has 0 radical (unpaired) electrons. The molecule has 0 aliphatic rings. The van der Waals surface area contributed by atoms with Gasteiger partial charge in [0.05, 0.1) is 17.1 Å². The van der Waals surface area contributed by atoms with Gasteiger partial charge in [-0.1, -0.05) is 35.9 Å². The summed E-state index contributed by atoms with van der Waals surface area (Å²) >= 11 is 5.98. The Hall–Kier alpha value is -3.07. The molecule has 152 valence electrons. The molecule has 0 unspecified atom stereocenters. The number of rotatable bonds is 4. The topological polar surface area (TPSA) is 78.0 Å². The van der Waals surface area contributed by atoms with Crippen molar-refractivity contribution in [2.45, 2.75) is 4.90 Å². The Morgan fingerprint density at radius 1 is 0.867 bits per heavy atom. The first-order valence-corrected chi connectivity index (χ1v) is 10.6. The highest BCUT2D eigenvalue weighted by Crippen LogP contribution is 2.32. The van der Waals surface area contributed by atoms with Gasteiger partial charge in [0.1, 0.15) is 16.5 Å². The number of hydrogen-bond donors (Lipinski definition) is 1. The van der Waals surface area contributed by atoms with E-state index in [0.29, 0.717) is 16.3 Å². The van der Waals surface area contributed by atoms with Gasteiger partial charge in [0, 0.05) is 22.2 Å². The number of halogens is 3. The van der Waals surface area contributed by atoms with Gasteiger partial charge in [0.15, 0.2) is 0 Å². The van der Waals surface area contributed by atoms with E-state index in [4.69, 9.17) is 16.7 Å². The van der Waals surface area contributed by atoms with E-state index in [1.54, 1.807) is 42.5 Å². The predicted octanol–water partition coefficient (Wildman–Crippen LogP) is 4.79. The molecule has 0 aliphatic carbocycles. The first-order valence-electron chi connectivity index (χ1n) is 8.67. The van der Waals surface area contributed by atoms with E-state index in [0.717, 1.165) is 18.2 Å². The molecule has 0 saturated heterocycles. The van der Waals surface area contributed by atoms with E-state index in [9.17, 15) is 17.2 Å². The molecular formula is C21H14ClF2N3O2S. The van der Waals surface area contributed by atoms with Crippen LogP contribution in [0.2, 0.25) is 5.02 Å². The van der Waals surface area contributed by atoms with Crippen LogP contribution < -0.4 is 5.14 Å². The van der Waals surface area contributed by atoms with Crippen molar-refractivity contribution in [3.63, 3.8) is 0 Å². The number of primary sulfonamides is 1. The molecule has 4 rings (SSSR count). The summed E-state index contributed by atoms with van der Waals surface area (Å²) in [6.07, 6.45) is 0. The summed E-state index contributed by atoms with van der Waals surface area (Å²) in [5.41, 5.74) is 1.81. The lowest BCUT2D eigenvalue weighted by Gasteiger charge is -2.11. The van der Waals surface area contributed by atoms with Gasteiger partial charge >= 0.3 is 0 Å². The zero-order chi connectivity index (χ0) is 21.5. The summed E-state index contributed by atoms with van der Waals surface area (Å²) in [6.45, 7) is 0. The first-order chi connectivity index (χ1) is 14.2. The lowest BCUT2D eigenvalue weighted by atomic mass is 10.1. The van der Waals surface area contributed by atoms with Crippen LogP contribution >= 0.6 is 11.6 Å². The molecule has 0 saturated carbocycles. The van der Waals surface area contributed by atoms with E-state index >= 15 is 0 Å². The quantitative estimate of drug-likeness (QED) is 0.490. The fourth-order valence-electron chi connectivity index (χ4n) is 3.11. The lowest BCUT2D eigenvalue weighted by Crippen LogP contribution is -2.16. The summed E-state index contributed by atoms with van der Waals surface area (Å²) in [6, 6.07) is 17.5. The standard InChI is InChI=1S/C21H14ClF2N3O2S/c22-15-7-5-13(6-8-15)20-12-18(14-9-16(23)11-17(24)10-14)26-27(20)19-3-1-2-4-21(19)30(25,28)29/h1-12H,(H2,25,28,29). The second kappa shape index (κ2) is 7.64. The van der Waals surface area contributed by atoms with Gasteiger partial charge in [0.25, 0.3) is 0 Å². The number of nitrogens with two attached hydrogens (primary N) is 1. The highest BCUT2D eigenvalue weighted by atomic mass is 35.5. The monoisotopic (exact) mass is 445 g/mol. The van der Waals surface area contributed by atoms with Crippen molar-refractivity contribution in [1.29, 1.82) is 0 Å². The summed E-state index contributed by atoms with van der Waals surface area (Å²) in [7, 11) is -4.06. The third kappa shape index (κ3) is 3.97. The van der Waals surface area contributed by atoms with Gasteiger partial charge in [0.2, 0.25) is 10.0 Å². The molecule has 0 bridgehead atoms. The Kier molecular flexibility index (Phi) is 5.15. The number of benzene rings is 3. The van der Waals surface area contributed by atoms with Crippen LogP contribution in [0.3, 0.4) is 0 Å². The molecule has 4 aromatic rings. The number of aromatic nitrogens is 2. The van der Waals surface area contributed by atoms with E-state index in [-0.39, 0.29) is 21.8 Å². The molecule has 0 aliphatic heterocycles. The van der Waals surface area contributed by atoms with Crippen molar-refractivity contribution < 1.29 is 17.2 Å². The Morgan fingerprint density at radius 2 is 1.50 bits per heavy atom. The Bertz CT molecular complexity index is 1330. The molecule has 1 heterocycles. The maximum Gasteiger partial charge on any atom is 0.240 e. The zero-order valence-corrected chi connectivity index (χ0v) is 16.8. The molecule has 1 aromatic heterocycles. The van der Waals surface area contributed by atoms with Crippen molar-refractivity contribution in [2.75, 3.05) is 0 Å². The number of sulfonamides is 1. The fraction of sp³-hybridized carbons (Fsp3) is 0. The van der Waals surface area contributed by atoms with Crippen LogP contribution in [0, 0.1) is 11.6 Å².